The van der Waals surface area contributed by atoms with Gasteiger partial charge in [0.05, 0.1) is 4.90 Å². The van der Waals surface area contributed by atoms with Crippen LogP contribution in [0.15, 0.2) is 64.0 Å². The Labute approximate surface area is 140 Å². The summed E-state index contributed by atoms with van der Waals surface area (Å²) in [6, 6.07) is 16.0. The molecule has 3 aromatic rings. The molecule has 0 radical (unpaired) electrons. The lowest BCUT2D eigenvalue weighted by Crippen LogP contribution is -2.26. The number of nitrogens with one attached hydrogen (secondary N) is 1. The van der Waals surface area contributed by atoms with Gasteiger partial charge in [0, 0.05) is 18.5 Å². The second-order valence-corrected chi connectivity index (χ2v) is 7.05. The van der Waals surface area contributed by atoms with Crippen LogP contribution in [-0.2, 0) is 16.4 Å². The smallest absolute Gasteiger partial charge is 0.240 e. The number of aryl methyl sites for hydroxylation is 1. The summed E-state index contributed by atoms with van der Waals surface area (Å²) in [5.41, 5.74) is 1.95. The number of aromatic nitrogens is 2. The predicted molar refractivity (Wildman–Crippen MR) is 89.8 cm³/mol. The molecule has 0 fully saturated rings. The number of hydrogen-bond acceptors (Lipinski definition) is 5. The van der Waals surface area contributed by atoms with Gasteiger partial charge in [-0.25, -0.2) is 13.1 Å². The maximum atomic E-state index is 12.1. The van der Waals surface area contributed by atoms with Gasteiger partial charge in [0.25, 0.3) is 0 Å². The number of sulfonamides is 1. The van der Waals surface area contributed by atoms with E-state index in [1.54, 1.807) is 30.3 Å². The zero-order valence-corrected chi connectivity index (χ0v) is 14.0. The van der Waals surface area contributed by atoms with Crippen LogP contribution >= 0.6 is 0 Å². The number of rotatable bonds is 6. The second-order valence-electron chi connectivity index (χ2n) is 5.29. The number of nitrogens with zero attached hydrogens (tertiary/aromatic N) is 2. The van der Waals surface area contributed by atoms with E-state index in [0.29, 0.717) is 18.1 Å². The summed E-state index contributed by atoms with van der Waals surface area (Å²) < 4.78 is 32.0. The Hall–Kier alpha value is -2.51. The van der Waals surface area contributed by atoms with Gasteiger partial charge in [-0.2, -0.15) is 4.98 Å². The van der Waals surface area contributed by atoms with Gasteiger partial charge in [-0.3, -0.25) is 0 Å². The molecular weight excluding hydrogens is 326 g/mol. The largest absolute Gasteiger partial charge is 0.339 e. The van der Waals surface area contributed by atoms with E-state index in [0.717, 1.165) is 11.1 Å². The van der Waals surface area contributed by atoms with Crippen LogP contribution in [-0.4, -0.2) is 25.1 Å². The molecule has 7 heteroatoms. The summed E-state index contributed by atoms with van der Waals surface area (Å²) in [4.78, 5) is 4.55. The number of benzene rings is 2. The average Bonchev–Trinajstić information content (AvgIpc) is 3.04. The maximum absolute atomic E-state index is 12.1. The molecule has 2 aromatic carbocycles. The van der Waals surface area contributed by atoms with Crippen molar-refractivity contribution in [3.8, 4) is 11.4 Å². The molecule has 0 spiro atoms. The van der Waals surface area contributed by atoms with Crippen LogP contribution < -0.4 is 4.72 Å². The first-order valence-electron chi connectivity index (χ1n) is 7.49. The number of hydrogen-bond donors (Lipinski definition) is 1. The molecule has 24 heavy (non-hydrogen) atoms. The SMILES string of the molecule is Cc1ccccc1-c1noc(CCNS(=O)(=O)c2ccccc2)n1. The van der Waals surface area contributed by atoms with Crippen molar-refractivity contribution in [3.05, 3.63) is 66.1 Å². The van der Waals surface area contributed by atoms with Crippen LogP contribution in [0.3, 0.4) is 0 Å². The minimum absolute atomic E-state index is 0.187. The first-order chi connectivity index (χ1) is 11.6. The standard InChI is InChI=1S/C17H17N3O3S/c1-13-7-5-6-10-15(13)17-19-16(23-20-17)11-12-18-24(21,22)14-8-3-2-4-9-14/h2-10,18H,11-12H2,1H3. The summed E-state index contributed by atoms with van der Waals surface area (Å²) in [7, 11) is -3.52. The molecule has 0 aliphatic carbocycles. The van der Waals surface area contributed by atoms with Crippen molar-refractivity contribution in [3.63, 3.8) is 0 Å². The van der Waals surface area contributed by atoms with Crippen molar-refractivity contribution < 1.29 is 12.9 Å². The summed E-state index contributed by atoms with van der Waals surface area (Å²) in [6.07, 6.45) is 0.324. The average molecular weight is 343 g/mol. The third-order valence-corrected chi connectivity index (χ3v) is 5.02. The molecule has 0 unspecified atom stereocenters. The van der Waals surface area contributed by atoms with Gasteiger partial charge in [0.1, 0.15) is 0 Å². The Morgan fingerprint density at radius 3 is 2.50 bits per heavy atom. The second kappa shape index (κ2) is 6.94. The van der Waals surface area contributed by atoms with E-state index in [1.165, 1.54) is 0 Å². The molecule has 1 heterocycles. The summed E-state index contributed by atoms with van der Waals surface area (Å²) in [5, 5.41) is 3.96. The highest BCUT2D eigenvalue weighted by Crippen LogP contribution is 2.19. The molecule has 0 aliphatic heterocycles. The molecule has 0 saturated heterocycles. The van der Waals surface area contributed by atoms with Crippen molar-refractivity contribution in [1.29, 1.82) is 0 Å². The fourth-order valence-electron chi connectivity index (χ4n) is 2.26. The van der Waals surface area contributed by atoms with E-state index in [4.69, 9.17) is 4.52 Å². The van der Waals surface area contributed by atoms with Crippen molar-refractivity contribution in [2.75, 3.05) is 6.54 Å². The van der Waals surface area contributed by atoms with E-state index in [-0.39, 0.29) is 11.4 Å². The lowest BCUT2D eigenvalue weighted by molar-refractivity contribution is 0.379. The van der Waals surface area contributed by atoms with Gasteiger partial charge < -0.3 is 4.52 Å². The molecule has 0 saturated carbocycles. The highest BCUT2D eigenvalue weighted by atomic mass is 32.2. The molecule has 124 valence electrons. The van der Waals surface area contributed by atoms with Gasteiger partial charge >= 0.3 is 0 Å². The lowest BCUT2D eigenvalue weighted by Gasteiger charge is -2.04. The summed E-state index contributed by atoms with van der Waals surface area (Å²) in [6.45, 7) is 2.16. The van der Waals surface area contributed by atoms with E-state index >= 15 is 0 Å². The molecule has 0 bridgehead atoms. The minimum atomic E-state index is -3.52. The zero-order chi connectivity index (χ0) is 17.0. The maximum Gasteiger partial charge on any atom is 0.240 e. The Balaban J connectivity index is 1.63. The Bertz CT molecular complexity index is 921. The van der Waals surface area contributed by atoms with Gasteiger partial charge in [-0.05, 0) is 24.6 Å². The van der Waals surface area contributed by atoms with Crippen molar-refractivity contribution in [2.24, 2.45) is 0 Å². The normalized spacial score (nSPS) is 11.5. The van der Waals surface area contributed by atoms with E-state index in [1.807, 2.05) is 31.2 Å². The van der Waals surface area contributed by atoms with Crippen LogP contribution in [0.25, 0.3) is 11.4 Å². The molecule has 3 rings (SSSR count). The molecule has 0 amide bonds. The highest BCUT2D eigenvalue weighted by Gasteiger charge is 2.14. The van der Waals surface area contributed by atoms with Gasteiger partial charge in [-0.15, -0.1) is 0 Å². The van der Waals surface area contributed by atoms with E-state index in [2.05, 4.69) is 14.9 Å². The van der Waals surface area contributed by atoms with Crippen LogP contribution in [0.2, 0.25) is 0 Å². The molecule has 1 aromatic heterocycles. The van der Waals surface area contributed by atoms with Crippen LogP contribution in [0.1, 0.15) is 11.5 Å². The highest BCUT2D eigenvalue weighted by molar-refractivity contribution is 7.89. The molecular formula is C17H17N3O3S. The van der Waals surface area contributed by atoms with Crippen LogP contribution in [0, 0.1) is 6.92 Å². The van der Waals surface area contributed by atoms with E-state index in [9.17, 15) is 8.42 Å². The van der Waals surface area contributed by atoms with Gasteiger partial charge in [0.15, 0.2) is 0 Å². The molecule has 0 atom stereocenters. The molecule has 0 aliphatic rings. The van der Waals surface area contributed by atoms with Crippen LogP contribution in [0.4, 0.5) is 0 Å². The Kier molecular flexibility index (Phi) is 4.73. The van der Waals surface area contributed by atoms with Crippen molar-refractivity contribution in [2.45, 2.75) is 18.2 Å². The van der Waals surface area contributed by atoms with Crippen LogP contribution in [0.5, 0.6) is 0 Å². The first kappa shape index (κ1) is 16.4. The third-order valence-electron chi connectivity index (χ3n) is 3.54. The quantitative estimate of drug-likeness (QED) is 0.743. The monoisotopic (exact) mass is 343 g/mol. The topological polar surface area (TPSA) is 85.1 Å². The predicted octanol–water partition coefficient (Wildman–Crippen LogP) is 2.57. The third kappa shape index (κ3) is 3.69. The molecule has 6 nitrogen and oxygen atoms in total. The Morgan fingerprint density at radius 2 is 1.75 bits per heavy atom. The van der Waals surface area contributed by atoms with Gasteiger partial charge in [-0.1, -0.05) is 47.6 Å². The van der Waals surface area contributed by atoms with E-state index < -0.39 is 10.0 Å². The minimum Gasteiger partial charge on any atom is -0.339 e. The van der Waals surface area contributed by atoms with Crippen molar-refractivity contribution in [1.82, 2.24) is 14.9 Å². The summed E-state index contributed by atoms with van der Waals surface area (Å²) in [5.74, 6) is 0.901. The van der Waals surface area contributed by atoms with Crippen molar-refractivity contribution >= 4 is 10.0 Å². The zero-order valence-electron chi connectivity index (χ0n) is 13.1. The Morgan fingerprint density at radius 1 is 1.04 bits per heavy atom. The lowest BCUT2D eigenvalue weighted by atomic mass is 10.1. The fraction of sp³-hybridized carbons (Fsp3) is 0.176. The first-order valence-corrected chi connectivity index (χ1v) is 8.98. The fourth-order valence-corrected chi connectivity index (χ4v) is 3.32. The summed E-state index contributed by atoms with van der Waals surface area (Å²) >= 11 is 0. The van der Waals surface area contributed by atoms with Gasteiger partial charge in [0.2, 0.25) is 21.7 Å². The molecule has 1 N–H and O–H groups in total.